The van der Waals surface area contributed by atoms with E-state index in [1.807, 2.05) is 23.7 Å². The molecule has 0 atom stereocenters. The fraction of sp³-hybridized carbons (Fsp3) is 0.435. The molecule has 2 aliphatic rings. The van der Waals surface area contributed by atoms with Crippen molar-refractivity contribution in [2.45, 2.75) is 12.5 Å². The van der Waals surface area contributed by atoms with Gasteiger partial charge in [-0.3, -0.25) is 0 Å². The molecule has 0 aliphatic carbocycles. The third-order valence-corrected chi connectivity index (χ3v) is 6.41. The van der Waals surface area contributed by atoms with E-state index in [-0.39, 0.29) is 17.7 Å². The van der Waals surface area contributed by atoms with E-state index in [0.717, 1.165) is 16.6 Å². The van der Waals surface area contributed by atoms with Gasteiger partial charge in [-0.15, -0.1) is 0 Å². The second-order valence-corrected chi connectivity index (χ2v) is 8.54. The number of aromatic nitrogens is 3. The number of likely N-dealkylation sites (tertiary alicyclic amines) is 1. The molecule has 3 aromatic rings. The van der Waals surface area contributed by atoms with Crippen LogP contribution in [0.25, 0.3) is 11.0 Å². The minimum absolute atomic E-state index is 0.00316. The molecule has 0 unspecified atom stereocenters. The Balaban J connectivity index is 1.35. The normalized spacial score (nSPS) is 16.7. The lowest BCUT2D eigenvalue weighted by Crippen LogP contribution is -2.55. The maximum atomic E-state index is 13.3. The molecular weight excluding hydrogens is 446 g/mol. The lowest BCUT2D eigenvalue weighted by Gasteiger charge is -2.43. The van der Waals surface area contributed by atoms with Gasteiger partial charge in [-0.1, -0.05) is 6.07 Å². The number of carbonyl (C=O) groups excluding carboxylic acids is 1. The van der Waals surface area contributed by atoms with E-state index in [0.29, 0.717) is 50.9 Å². The standard InChI is InChI=1S/C23H26F2N6O3/c1-28-14-27-17-11-26-21(10-19(17)28)29(2)18-4-3-15(9-20(18)34-22(24)25)16-12-31(13-16)23(32)30-5-7-33-8-6-30/h3-4,9-11,14,16,22H,5-8,12-13H2,1-2H3. The first kappa shape index (κ1) is 22.3. The van der Waals surface area contributed by atoms with E-state index in [2.05, 4.69) is 9.97 Å². The lowest BCUT2D eigenvalue weighted by molar-refractivity contribution is -0.0495. The van der Waals surface area contributed by atoms with Crippen LogP contribution in [0, 0.1) is 0 Å². The Morgan fingerprint density at radius 3 is 2.68 bits per heavy atom. The Kier molecular flexibility index (Phi) is 5.94. The van der Waals surface area contributed by atoms with Crippen molar-refractivity contribution in [1.82, 2.24) is 24.3 Å². The van der Waals surface area contributed by atoms with Gasteiger partial charge < -0.3 is 28.7 Å². The van der Waals surface area contributed by atoms with Crippen LogP contribution in [-0.4, -0.2) is 83.4 Å². The van der Waals surface area contributed by atoms with Gasteiger partial charge in [-0.2, -0.15) is 8.78 Å². The van der Waals surface area contributed by atoms with Gasteiger partial charge in [0.25, 0.3) is 0 Å². The highest BCUT2D eigenvalue weighted by Crippen LogP contribution is 2.38. The summed E-state index contributed by atoms with van der Waals surface area (Å²) in [5, 5.41) is 0. The molecule has 180 valence electrons. The number of benzene rings is 1. The molecule has 2 aromatic heterocycles. The minimum Gasteiger partial charge on any atom is -0.433 e. The van der Waals surface area contributed by atoms with Gasteiger partial charge in [0, 0.05) is 52.3 Å². The topological polar surface area (TPSA) is 76.0 Å². The maximum absolute atomic E-state index is 13.3. The Morgan fingerprint density at radius 2 is 1.94 bits per heavy atom. The van der Waals surface area contributed by atoms with Crippen LogP contribution in [0.2, 0.25) is 0 Å². The first-order valence-electron chi connectivity index (χ1n) is 11.1. The number of morpholine rings is 1. The largest absolute Gasteiger partial charge is 0.433 e. The van der Waals surface area contributed by atoms with Crippen LogP contribution in [0.5, 0.6) is 5.75 Å². The summed E-state index contributed by atoms with van der Waals surface area (Å²) in [5.74, 6) is 0.710. The van der Waals surface area contributed by atoms with Crippen molar-refractivity contribution in [3.63, 3.8) is 0 Å². The molecule has 2 saturated heterocycles. The molecule has 5 rings (SSSR count). The third-order valence-electron chi connectivity index (χ3n) is 6.41. The molecule has 0 spiro atoms. The molecule has 0 N–H and O–H groups in total. The Bertz CT molecular complexity index is 1190. The summed E-state index contributed by atoms with van der Waals surface area (Å²) in [6.45, 7) is 0.397. The number of imidazole rings is 1. The zero-order valence-corrected chi connectivity index (χ0v) is 19.0. The van der Waals surface area contributed by atoms with Crippen molar-refractivity contribution in [3.05, 3.63) is 42.4 Å². The maximum Gasteiger partial charge on any atom is 0.387 e. The summed E-state index contributed by atoms with van der Waals surface area (Å²) in [6.07, 6.45) is 3.35. The molecule has 2 fully saturated rings. The first-order valence-corrected chi connectivity index (χ1v) is 11.1. The molecule has 11 heteroatoms. The molecule has 2 amide bonds. The van der Waals surface area contributed by atoms with E-state index in [4.69, 9.17) is 9.47 Å². The van der Waals surface area contributed by atoms with E-state index in [1.54, 1.807) is 46.4 Å². The van der Waals surface area contributed by atoms with Crippen LogP contribution in [0.3, 0.4) is 0 Å². The molecule has 4 heterocycles. The number of anilines is 2. The smallest absolute Gasteiger partial charge is 0.387 e. The zero-order chi connectivity index (χ0) is 23.8. The average molecular weight is 472 g/mol. The Morgan fingerprint density at radius 1 is 1.18 bits per heavy atom. The van der Waals surface area contributed by atoms with Gasteiger partial charge >= 0.3 is 12.6 Å². The molecule has 0 radical (unpaired) electrons. The quantitative estimate of drug-likeness (QED) is 0.568. The number of urea groups is 1. The molecular formula is C23H26F2N6O3. The number of hydrogen-bond acceptors (Lipinski definition) is 6. The van der Waals surface area contributed by atoms with Crippen LogP contribution >= 0.6 is 0 Å². The second kappa shape index (κ2) is 9.05. The first-order chi connectivity index (χ1) is 16.4. The number of pyridine rings is 1. The predicted octanol–water partition coefficient (Wildman–Crippen LogP) is 3.19. The van der Waals surface area contributed by atoms with E-state index >= 15 is 0 Å². The van der Waals surface area contributed by atoms with Gasteiger partial charge in [0.2, 0.25) is 0 Å². The summed E-state index contributed by atoms with van der Waals surface area (Å²) in [7, 11) is 3.63. The van der Waals surface area contributed by atoms with Crippen LogP contribution in [0.4, 0.5) is 25.1 Å². The highest BCUT2D eigenvalue weighted by molar-refractivity contribution is 5.80. The van der Waals surface area contributed by atoms with E-state index in [1.165, 1.54) is 0 Å². The Labute approximate surface area is 195 Å². The monoisotopic (exact) mass is 472 g/mol. The fourth-order valence-electron chi connectivity index (χ4n) is 4.38. The van der Waals surface area contributed by atoms with Crippen LogP contribution < -0.4 is 9.64 Å². The highest BCUT2D eigenvalue weighted by Gasteiger charge is 2.35. The summed E-state index contributed by atoms with van der Waals surface area (Å²) in [4.78, 5) is 26.6. The average Bonchev–Trinajstić information content (AvgIpc) is 3.18. The van der Waals surface area contributed by atoms with Crippen molar-refractivity contribution in [2.24, 2.45) is 7.05 Å². The SMILES string of the molecule is CN(c1cc2c(cn1)ncn2C)c1ccc(C2CN(C(=O)N3CCOCC3)C2)cc1OC(F)F. The van der Waals surface area contributed by atoms with Crippen molar-refractivity contribution in [1.29, 1.82) is 0 Å². The number of nitrogens with zero attached hydrogens (tertiary/aromatic N) is 6. The van der Waals surface area contributed by atoms with Crippen LogP contribution in [0.15, 0.2) is 36.8 Å². The third kappa shape index (κ3) is 4.23. The minimum atomic E-state index is -2.96. The van der Waals surface area contributed by atoms with Crippen molar-refractivity contribution in [2.75, 3.05) is 51.3 Å². The zero-order valence-electron chi connectivity index (χ0n) is 19.0. The fourth-order valence-corrected chi connectivity index (χ4v) is 4.38. The van der Waals surface area contributed by atoms with Crippen molar-refractivity contribution >= 4 is 28.6 Å². The number of ether oxygens (including phenoxy) is 2. The summed E-state index contributed by atoms with van der Waals surface area (Å²) in [6, 6.07) is 7.14. The predicted molar refractivity (Wildman–Crippen MR) is 122 cm³/mol. The molecule has 9 nitrogen and oxygen atoms in total. The second-order valence-electron chi connectivity index (χ2n) is 8.54. The molecule has 0 bridgehead atoms. The van der Waals surface area contributed by atoms with Crippen molar-refractivity contribution in [3.8, 4) is 5.75 Å². The highest BCUT2D eigenvalue weighted by atomic mass is 19.3. The molecule has 1 aromatic carbocycles. The number of halogens is 2. The summed E-state index contributed by atoms with van der Waals surface area (Å²) in [5.41, 5.74) is 2.96. The van der Waals surface area contributed by atoms with Gasteiger partial charge in [-0.05, 0) is 17.7 Å². The van der Waals surface area contributed by atoms with Crippen LogP contribution in [0.1, 0.15) is 11.5 Å². The Hall–Kier alpha value is -3.47. The summed E-state index contributed by atoms with van der Waals surface area (Å²) >= 11 is 0. The van der Waals surface area contributed by atoms with Gasteiger partial charge in [-0.25, -0.2) is 14.8 Å². The molecule has 2 aliphatic heterocycles. The van der Waals surface area contributed by atoms with Crippen LogP contribution in [-0.2, 0) is 11.8 Å². The number of amides is 2. The number of alkyl halides is 2. The van der Waals surface area contributed by atoms with Gasteiger partial charge in [0.05, 0.1) is 36.9 Å². The van der Waals surface area contributed by atoms with Gasteiger partial charge in [0.1, 0.15) is 17.1 Å². The van der Waals surface area contributed by atoms with Crippen molar-refractivity contribution < 1.29 is 23.0 Å². The number of fused-ring (bicyclic) bond motifs is 1. The van der Waals surface area contributed by atoms with Gasteiger partial charge in [0.15, 0.2) is 0 Å². The molecule has 0 saturated carbocycles. The number of aryl methyl sites for hydroxylation is 1. The summed E-state index contributed by atoms with van der Waals surface area (Å²) < 4.78 is 38.6. The van der Waals surface area contributed by atoms with E-state index in [9.17, 15) is 13.6 Å². The number of carbonyl (C=O) groups is 1. The lowest BCUT2D eigenvalue weighted by atomic mass is 9.91. The number of hydrogen-bond donors (Lipinski definition) is 0. The van der Waals surface area contributed by atoms with E-state index < -0.39 is 6.61 Å². The number of rotatable bonds is 5. The molecule has 34 heavy (non-hydrogen) atoms.